The van der Waals surface area contributed by atoms with Gasteiger partial charge < -0.3 is 14.4 Å². The molecule has 0 radical (unpaired) electrons. The Kier molecular flexibility index (Phi) is 6.40. The number of nitriles is 1. The molecule has 0 bridgehead atoms. The van der Waals surface area contributed by atoms with E-state index in [1.54, 1.807) is 12.1 Å². The second kappa shape index (κ2) is 8.96. The van der Waals surface area contributed by atoms with E-state index in [9.17, 15) is 4.79 Å². The second-order valence-electron chi connectivity index (χ2n) is 6.57. The van der Waals surface area contributed by atoms with Gasteiger partial charge >= 0.3 is 0 Å². The number of ether oxygens (including phenoxy) is 2. The summed E-state index contributed by atoms with van der Waals surface area (Å²) in [6.07, 6.45) is 0. The number of nitrogens with zero attached hydrogens (tertiary/aromatic N) is 3. The molecular formula is C21H22ClN3O3. The lowest BCUT2D eigenvalue weighted by atomic mass is 10.1. The highest BCUT2D eigenvalue weighted by Crippen LogP contribution is 2.36. The highest BCUT2D eigenvalue weighted by molar-refractivity contribution is 6.32. The van der Waals surface area contributed by atoms with Crippen LogP contribution in [0.25, 0.3) is 0 Å². The van der Waals surface area contributed by atoms with Crippen LogP contribution in [0.15, 0.2) is 36.4 Å². The van der Waals surface area contributed by atoms with Crippen LogP contribution in [0.3, 0.4) is 0 Å². The van der Waals surface area contributed by atoms with Crippen molar-refractivity contribution in [2.45, 2.75) is 6.54 Å². The molecule has 2 aromatic carbocycles. The number of halogens is 1. The quantitative estimate of drug-likeness (QED) is 0.772. The zero-order chi connectivity index (χ0) is 20.1. The first-order chi connectivity index (χ1) is 13.5. The lowest BCUT2D eigenvalue weighted by Gasteiger charge is -2.35. The summed E-state index contributed by atoms with van der Waals surface area (Å²) >= 11 is 6.23. The van der Waals surface area contributed by atoms with Crippen molar-refractivity contribution >= 4 is 17.5 Å². The maximum atomic E-state index is 12.9. The molecule has 1 aliphatic heterocycles. The number of benzene rings is 2. The average molecular weight is 400 g/mol. The molecule has 0 N–H and O–H groups in total. The van der Waals surface area contributed by atoms with Crippen molar-refractivity contribution in [3.05, 3.63) is 58.1 Å². The molecule has 1 heterocycles. The molecule has 1 saturated heterocycles. The monoisotopic (exact) mass is 399 g/mol. The van der Waals surface area contributed by atoms with E-state index in [0.29, 0.717) is 40.7 Å². The van der Waals surface area contributed by atoms with Crippen LogP contribution in [0, 0.1) is 11.3 Å². The first-order valence-corrected chi connectivity index (χ1v) is 9.35. The van der Waals surface area contributed by atoms with Gasteiger partial charge in [-0.2, -0.15) is 5.26 Å². The van der Waals surface area contributed by atoms with E-state index in [2.05, 4.69) is 11.0 Å². The van der Waals surface area contributed by atoms with Crippen molar-refractivity contribution in [2.75, 3.05) is 40.4 Å². The third kappa shape index (κ3) is 4.38. The lowest BCUT2D eigenvalue weighted by molar-refractivity contribution is 0.0628. The van der Waals surface area contributed by atoms with Crippen LogP contribution in [0.2, 0.25) is 5.02 Å². The molecule has 1 aliphatic rings. The van der Waals surface area contributed by atoms with Crippen LogP contribution in [0.5, 0.6) is 11.5 Å². The first-order valence-electron chi connectivity index (χ1n) is 8.98. The minimum absolute atomic E-state index is 0.0686. The third-order valence-electron chi connectivity index (χ3n) is 4.83. The largest absolute Gasteiger partial charge is 0.493 e. The van der Waals surface area contributed by atoms with Gasteiger partial charge in [-0.1, -0.05) is 23.7 Å². The van der Waals surface area contributed by atoms with Crippen LogP contribution in [-0.4, -0.2) is 56.1 Å². The first kappa shape index (κ1) is 20.0. The molecule has 28 heavy (non-hydrogen) atoms. The third-order valence-corrected chi connectivity index (χ3v) is 5.11. The fraction of sp³-hybridized carbons (Fsp3) is 0.333. The molecule has 0 aliphatic carbocycles. The predicted octanol–water partition coefficient (Wildman–Crippen LogP) is 3.19. The Hall–Kier alpha value is -2.75. The van der Waals surface area contributed by atoms with Gasteiger partial charge in [-0.3, -0.25) is 9.69 Å². The van der Waals surface area contributed by atoms with Gasteiger partial charge in [0.2, 0.25) is 0 Å². The standard InChI is InChI=1S/C21H22ClN3O3/c1-27-19-12-17(11-18(22)20(19)28-2)21(26)25-9-7-24(8-10-25)14-16-5-3-15(13-23)4-6-16/h3-6,11-12H,7-10,14H2,1-2H3. The van der Waals surface area contributed by atoms with Gasteiger partial charge in [0.25, 0.3) is 5.91 Å². The van der Waals surface area contributed by atoms with Crippen LogP contribution >= 0.6 is 11.6 Å². The highest BCUT2D eigenvalue weighted by atomic mass is 35.5. The number of amides is 1. The van der Waals surface area contributed by atoms with Gasteiger partial charge in [0.05, 0.1) is 30.9 Å². The van der Waals surface area contributed by atoms with E-state index < -0.39 is 0 Å². The Balaban J connectivity index is 1.62. The van der Waals surface area contributed by atoms with Crippen molar-refractivity contribution in [1.29, 1.82) is 5.26 Å². The molecule has 0 atom stereocenters. The number of carbonyl (C=O) groups excluding carboxylic acids is 1. The maximum Gasteiger partial charge on any atom is 0.254 e. The SMILES string of the molecule is COc1cc(C(=O)N2CCN(Cc3ccc(C#N)cc3)CC2)cc(Cl)c1OC. The van der Waals surface area contributed by atoms with Gasteiger partial charge in [-0.15, -0.1) is 0 Å². The molecule has 0 saturated carbocycles. The summed E-state index contributed by atoms with van der Waals surface area (Å²) in [5, 5.41) is 9.23. The molecule has 146 valence electrons. The summed E-state index contributed by atoms with van der Waals surface area (Å²) in [5.74, 6) is 0.798. The molecular weight excluding hydrogens is 378 g/mol. The minimum atomic E-state index is -0.0686. The van der Waals surface area contributed by atoms with E-state index in [4.69, 9.17) is 26.3 Å². The van der Waals surface area contributed by atoms with E-state index in [1.165, 1.54) is 14.2 Å². The molecule has 0 aromatic heterocycles. The fourth-order valence-corrected chi connectivity index (χ4v) is 3.56. The normalized spacial score (nSPS) is 14.4. The molecule has 3 rings (SSSR count). The van der Waals surface area contributed by atoms with E-state index >= 15 is 0 Å². The summed E-state index contributed by atoms with van der Waals surface area (Å²) in [4.78, 5) is 17.0. The van der Waals surface area contributed by atoms with Crippen molar-refractivity contribution in [3.63, 3.8) is 0 Å². The number of hydrogen-bond donors (Lipinski definition) is 0. The minimum Gasteiger partial charge on any atom is -0.493 e. The lowest BCUT2D eigenvalue weighted by Crippen LogP contribution is -2.48. The number of hydrogen-bond acceptors (Lipinski definition) is 5. The second-order valence-corrected chi connectivity index (χ2v) is 6.98. The van der Waals surface area contributed by atoms with E-state index in [0.717, 1.165) is 25.2 Å². The maximum absolute atomic E-state index is 12.9. The highest BCUT2D eigenvalue weighted by Gasteiger charge is 2.24. The summed E-state index contributed by atoms with van der Waals surface area (Å²) in [6.45, 7) is 3.65. The Morgan fingerprint density at radius 1 is 1.11 bits per heavy atom. The molecule has 6 nitrogen and oxygen atoms in total. The van der Waals surface area contributed by atoms with Crippen molar-refractivity contribution in [2.24, 2.45) is 0 Å². The fourth-order valence-electron chi connectivity index (χ4n) is 3.28. The molecule has 2 aromatic rings. The summed E-state index contributed by atoms with van der Waals surface area (Å²) in [5.41, 5.74) is 2.31. The molecule has 1 amide bonds. The van der Waals surface area contributed by atoms with Crippen LogP contribution < -0.4 is 9.47 Å². The zero-order valence-corrected chi connectivity index (χ0v) is 16.7. The summed E-state index contributed by atoms with van der Waals surface area (Å²) in [6, 6.07) is 13.0. The Labute approximate surface area is 169 Å². The molecule has 0 unspecified atom stereocenters. The number of methoxy groups -OCH3 is 2. The van der Waals surface area contributed by atoms with Gasteiger partial charge in [-0.05, 0) is 29.8 Å². The zero-order valence-electron chi connectivity index (χ0n) is 15.9. The predicted molar refractivity (Wildman–Crippen MR) is 107 cm³/mol. The topological polar surface area (TPSA) is 65.8 Å². The van der Waals surface area contributed by atoms with Gasteiger partial charge in [0, 0.05) is 38.3 Å². The molecule has 1 fully saturated rings. The smallest absolute Gasteiger partial charge is 0.254 e. The number of carbonyl (C=O) groups is 1. The van der Waals surface area contributed by atoms with Gasteiger partial charge in [0.1, 0.15) is 0 Å². The van der Waals surface area contributed by atoms with Crippen molar-refractivity contribution < 1.29 is 14.3 Å². The van der Waals surface area contributed by atoms with E-state index in [1.807, 2.05) is 29.2 Å². The van der Waals surface area contributed by atoms with Crippen molar-refractivity contribution in [3.8, 4) is 17.6 Å². The van der Waals surface area contributed by atoms with Crippen LogP contribution in [0.1, 0.15) is 21.5 Å². The Morgan fingerprint density at radius 3 is 2.36 bits per heavy atom. The molecule has 7 heteroatoms. The number of rotatable bonds is 5. The Morgan fingerprint density at radius 2 is 1.79 bits per heavy atom. The Bertz CT molecular complexity index is 885. The van der Waals surface area contributed by atoms with Crippen LogP contribution in [0.4, 0.5) is 0 Å². The molecule has 0 spiro atoms. The van der Waals surface area contributed by atoms with Gasteiger partial charge in [0.15, 0.2) is 11.5 Å². The number of piperazine rings is 1. The van der Waals surface area contributed by atoms with E-state index in [-0.39, 0.29) is 5.91 Å². The average Bonchev–Trinajstić information content (AvgIpc) is 2.73. The summed E-state index contributed by atoms with van der Waals surface area (Å²) in [7, 11) is 3.03. The van der Waals surface area contributed by atoms with Crippen LogP contribution in [-0.2, 0) is 6.54 Å². The summed E-state index contributed by atoms with van der Waals surface area (Å²) < 4.78 is 10.5. The van der Waals surface area contributed by atoms with Gasteiger partial charge in [-0.25, -0.2) is 0 Å². The van der Waals surface area contributed by atoms with Crippen molar-refractivity contribution in [1.82, 2.24) is 9.80 Å².